The third-order valence-corrected chi connectivity index (χ3v) is 6.97. The van der Waals surface area contributed by atoms with E-state index in [9.17, 15) is 9.59 Å². The van der Waals surface area contributed by atoms with Gasteiger partial charge < -0.3 is 10.6 Å². The normalized spacial score (nSPS) is 25.8. The highest BCUT2D eigenvalue weighted by molar-refractivity contribution is 5.87. The molecule has 4 rings (SSSR count). The van der Waals surface area contributed by atoms with E-state index in [4.69, 9.17) is 5.73 Å². The summed E-state index contributed by atoms with van der Waals surface area (Å²) in [7, 11) is 0. The summed E-state index contributed by atoms with van der Waals surface area (Å²) in [4.78, 5) is 31.8. The van der Waals surface area contributed by atoms with Crippen LogP contribution in [0.2, 0.25) is 0 Å². The second-order valence-electron chi connectivity index (χ2n) is 10.2. The van der Waals surface area contributed by atoms with Crippen LogP contribution in [0, 0.1) is 10.8 Å². The molecule has 0 spiro atoms. The second kappa shape index (κ2) is 8.64. The standard InChI is InChI=1S/C25H33N5O2/c1-24(2,3)21-14-20(28-29-21)22(31)30-13-10-25(16-30,23(26)32)15-18-6-4-5-7-19(18)17-8-11-27-12-9-17/h4-9,11-12,20-21,28-29H,10,13-16H2,1-3H3,(H2,26,32). The highest BCUT2D eigenvalue weighted by Crippen LogP contribution is 2.37. The predicted octanol–water partition coefficient (Wildman–Crippen LogP) is 2.28. The summed E-state index contributed by atoms with van der Waals surface area (Å²) in [6, 6.07) is 11.9. The Morgan fingerprint density at radius 2 is 1.88 bits per heavy atom. The first-order chi connectivity index (χ1) is 15.2. The van der Waals surface area contributed by atoms with Crippen molar-refractivity contribution in [3.8, 4) is 11.1 Å². The Morgan fingerprint density at radius 1 is 1.16 bits per heavy atom. The number of aromatic nitrogens is 1. The number of hydrazine groups is 1. The van der Waals surface area contributed by atoms with E-state index in [1.807, 2.05) is 35.2 Å². The molecule has 0 saturated carbocycles. The average molecular weight is 436 g/mol. The molecule has 2 saturated heterocycles. The first-order valence-corrected chi connectivity index (χ1v) is 11.3. The van der Waals surface area contributed by atoms with E-state index < -0.39 is 5.41 Å². The largest absolute Gasteiger partial charge is 0.369 e. The lowest BCUT2D eigenvalue weighted by Crippen LogP contribution is -2.47. The molecule has 0 aliphatic carbocycles. The van der Waals surface area contributed by atoms with Crippen molar-refractivity contribution in [3.05, 3.63) is 54.4 Å². The number of rotatable bonds is 5. The molecule has 2 aliphatic rings. The monoisotopic (exact) mass is 435 g/mol. The highest BCUT2D eigenvalue weighted by Gasteiger charge is 2.47. The Morgan fingerprint density at radius 3 is 2.53 bits per heavy atom. The van der Waals surface area contributed by atoms with Crippen molar-refractivity contribution in [2.24, 2.45) is 16.6 Å². The van der Waals surface area contributed by atoms with Gasteiger partial charge in [-0.05, 0) is 53.5 Å². The zero-order chi connectivity index (χ0) is 22.9. The van der Waals surface area contributed by atoms with Crippen LogP contribution in [0.5, 0.6) is 0 Å². The average Bonchev–Trinajstić information content (AvgIpc) is 3.43. The molecule has 0 radical (unpaired) electrons. The quantitative estimate of drug-likeness (QED) is 0.669. The molecule has 3 atom stereocenters. The Kier molecular flexibility index (Phi) is 6.05. The zero-order valence-corrected chi connectivity index (χ0v) is 19.1. The number of nitrogens with two attached hydrogens (primary N) is 1. The van der Waals surface area contributed by atoms with E-state index in [1.54, 1.807) is 12.4 Å². The number of hydrogen-bond acceptors (Lipinski definition) is 5. The maximum atomic E-state index is 13.2. The summed E-state index contributed by atoms with van der Waals surface area (Å²) in [5.74, 6) is -0.308. The van der Waals surface area contributed by atoms with E-state index in [-0.39, 0.29) is 29.3 Å². The van der Waals surface area contributed by atoms with E-state index in [1.165, 1.54) is 0 Å². The zero-order valence-electron chi connectivity index (χ0n) is 19.1. The summed E-state index contributed by atoms with van der Waals surface area (Å²) in [5.41, 5.74) is 14.8. The molecule has 1 aromatic carbocycles. The van der Waals surface area contributed by atoms with E-state index >= 15 is 0 Å². The van der Waals surface area contributed by atoms with Gasteiger partial charge in [-0.3, -0.25) is 20.0 Å². The molecule has 7 heteroatoms. The third kappa shape index (κ3) is 4.40. The SMILES string of the molecule is CC(C)(C)C1CC(C(=O)N2CCC(Cc3ccccc3-c3ccncc3)(C(N)=O)C2)NN1. The van der Waals surface area contributed by atoms with Gasteiger partial charge in [0.1, 0.15) is 6.04 Å². The van der Waals surface area contributed by atoms with Crippen molar-refractivity contribution in [1.29, 1.82) is 0 Å². The molecule has 2 aliphatic heterocycles. The van der Waals surface area contributed by atoms with Crippen LogP contribution in [-0.4, -0.2) is 46.9 Å². The summed E-state index contributed by atoms with van der Waals surface area (Å²) in [6.07, 6.45) is 5.33. The fourth-order valence-electron chi connectivity index (χ4n) is 4.85. The van der Waals surface area contributed by atoms with Crippen molar-refractivity contribution < 1.29 is 9.59 Å². The number of carbonyl (C=O) groups is 2. The van der Waals surface area contributed by atoms with Crippen LogP contribution < -0.4 is 16.6 Å². The van der Waals surface area contributed by atoms with E-state index in [0.717, 1.165) is 23.1 Å². The Hall–Kier alpha value is -2.77. The van der Waals surface area contributed by atoms with Gasteiger partial charge in [0.15, 0.2) is 0 Å². The molecule has 3 unspecified atom stereocenters. The first kappa shape index (κ1) is 22.4. The molecule has 2 aromatic rings. The van der Waals surface area contributed by atoms with Crippen LogP contribution in [0.1, 0.15) is 39.2 Å². The van der Waals surface area contributed by atoms with E-state index in [2.05, 4.69) is 42.7 Å². The molecule has 4 N–H and O–H groups in total. The second-order valence-corrected chi connectivity index (χ2v) is 10.2. The summed E-state index contributed by atoms with van der Waals surface area (Å²) in [5, 5.41) is 0. The molecular formula is C25H33N5O2. The number of nitrogens with zero attached hydrogens (tertiary/aromatic N) is 2. The highest BCUT2D eigenvalue weighted by atomic mass is 16.2. The Bertz CT molecular complexity index is 987. The molecular weight excluding hydrogens is 402 g/mol. The maximum absolute atomic E-state index is 13.2. The lowest BCUT2D eigenvalue weighted by atomic mass is 9.78. The molecule has 32 heavy (non-hydrogen) atoms. The summed E-state index contributed by atoms with van der Waals surface area (Å²) >= 11 is 0. The Labute approximate surface area is 189 Å². The van der Waals surface area contributed by atoms with Crippen molar-refractivity contribution in [2.75, 3.05) is 13.1 Å². The van der Waals surface area contributed by atoms with Crippen LogP contribution >= 0.6 is 0 Å². The minimum Gasteiger partial charge on any atom is -0.369 e. The summed E-state index contributed by atoms with van der Waals surface area (Å²) < 4.78 is 0. The lowest BCUT2D eigenvalue weighted by molar-refractivity contribution is -0.133. The summed E-state index contributed by atoms with van der Waals surface area (Å²) in [6.45, 7) is 7.37. The predicted molar refractivity (Wildman–Crippen MR) is 124 cm³/mol. The third-order valence-electron chi connectivity index (χ3n) is 6.97. The van der Waals surface area contributed by atoms with Crippen molar-refractivity contribution in [2.45, 2.75) is 52.1 Å². The molecule has 1 aromatic heterocycles. The topological polar surface area (TPSA) is 100 Å². The van der Waals surface area contributed by atoms with Gasteiger partial charge in [0, 0.05) is 31.5 Å². The number of benzene rings is 1. The van der Waals surface area contributed by atoms with Crippen LogP contribution in [0.3, 0.4) is 0 Å². The minimum atomic E-state index is -0.770. The van der Waals surface area contributed by atoms with E-state index in [0.29, 0.717) is 25.9 Å². The number of nitrogens with one attached hydrogen (secondary N) is 2. The lowest BCUT2D eigenvalue weighted by Gasteiger charge is -2.28. The molecule has 7 nitrogen and oxygen atoms in total. The number of hydrogen-bond donors (Lipinski definition) is 3. The van der Waals surface area contributed by atoms with Crippen molar-refractivity contribution in [1.82, 2.24) is 20.7 Å². The van der Waals surface area contributed by atoms with Gasteiger partial charge in [0.05, 0.1) is 5.41 Å². The van der Waals surface area contributed by atoms with Crippen LogP contribution in [-0.2, 0) is 16.0 Å². The van der Waals surface area contributed by atoms with Gasteiger partial charge >= 0.3 is 0 Å². The van der Waals surface area contributed by atoms with Gasteiger partial charge in [0.2, 0.25) is 11.8 Å². The number of carbonyl (C=O) groups excluding carboxylic acids is 2. The number of pyridine rings is 1. The van der Waals surface area contributed by atoms with Crippen LogP contribution in [0.25, 0.3) is 11.1 Å². The smallest absolute Gasteiger partial charge is 0.241 e. The fraction of sp³-hybridized carbons (Fsp3) is 0.480. The molecule has 2 amide bonds. The van der Waals surface area contributed by atoms with Crippen molar-refractivity contribution >= 4 is 11.8 Å². The van der Waals surface area contributed by atoms with Gasteiger partial charge in [0.25, 0.3) is 0 Å². The first-order valence-electron chi connectivity index (χ1n) is 11.3. The molecule has 2 fully saturated rings. The number of primary amides is 1. The Balaban J connectivity index is 1.52. The molecule has 170 valence electrons. The minimum absolute atomic E-state index is 0.0368. The van der Waals surface area contributed by atoms with Gasteiger partial charge in [-0.25, -0.2) is 5.43 Å². The molecule has 0 bridgehead atoms. The number of likely N-dealkylation sites (tertiary alicyclic amines) is 1. The van der Waals surface area contributed by atoms with Crippen LogP contribution in [0.15, 0.2) is 48.8 Å². The van der Waals surface area contributed by atoms with Gasteiger partial charge in [-0.15, -0.1) is 0 Å². The molecule has 3 heterocycles. The maximum Gasteiger partial charge on any atom is 0.241 e. The number of amides is 2. The van der Waals surface area contributed by atoms with Crippen LogP contribution in [0.4, 0.5) is 0 Å². The fourth-order valence-corrected chi connectivity index (χ4v) is 4.85. The van der Waals surface area contributed by atoms with Crippen molar-refractivity contribution in [3.63, 3.8) is 0 Å². The van der Waals surface area contributed by atoms with Gasteiger partial charge in [-0.2, -0.15) is 0 Å². The van der Waals surface area contributed by atoms with Gasteiger partial charge in [-0.1, -0.05) is 45.0 Å².